The van der Waals surface area contributed by atoms with Crippen molar-refractivity contribution >= 4 is 21.0 Å². The molecule has 4 N–H and O–H groups in total. The van der Waals surface area contributed by atoms with E-state index in [9.17, 15) is 45.7 Å². The Labute approximate surface area is 258 Å². The Morgan fingerprint density at radius 1 is 0.587 bits per heavy atom. The van der Waals surface area contributed by atoms with E-state index < -0.39 is 66.9 Å². The highest BCUT2D eigenvalue weighted by atomic mass is 31.2. The van der Waals surface area contributed by atoms with Crippen molar-refractivity contribution in [2.24, 2.45) is 0 Å². The fourth-order valence-electron chi connectivity index (χ4n) is 5.09. The summed E-state index contributed by atoms with van der Waals surface area (Å²) >= 11 is 0. The monoisotopic (exact) mass is 686 g/mol. The number of hydrogen-bond acceptors (Lipinski definition) is 3. The van der Waals surface area contributed by atoms with Crippen LogP contribution in [-0.2, 0) is 38.5 Å². The predicted octanol–water partition coefficient (Wildman–Crippen LogP) is 7.07. The van der Waals surface area contributed by atoms with Crippen molar-refractivity contribution in [2.75, 3.05) is 6.67 Å². The van der Waals surface area contributed by atoms with Crippen molar-refractivity contribution in [3.63, 3.8) is 0 Å². The van der Waals surface area contributed by atoms with Gasteiger partial charge in [-0.3, -0.25) is 13.9 Å². The summed E-state index contributed by atoms with van der Waals surface area (Å²) in [6, 6.07) is 17.2. The van der Waals surface area contributed by atoms with Crippen molar-refractivity contribution in [1.29, 1.82) is 0 Å². The Hall–Kier alpha value is -3.57. The van der Waals surface area contributed by atoms with Gasteiger partial charge in [-0.2, -0.15) is 8.78 Å². The quantitative estimate of drug-likeness (QED) is 0.0713. The molecule has 46 heavy (non-hydrogen) atoms. The van der Waals surface area contributed by atoms with Gasteiger partial charge in [0.15, 0.2) is 5.78 Å². The molecule has 0 spiro atoms. The van der Waals surface area contributed by atoms with E-state index in [0.29, 0.717) is 0 Å². The van der Waals surface area contributed by atoms with Crippen molar-refractivity contribution in [1.82, 2.24) is 0 Å². The molecule has 0 heterocycles. The minimum atomic E-state index is -5.89. The highest BCUT2D eigenvalue weighted by Crippen LogP contribution is 2.59. The lowest BCUT2D eigenvalue weighted by Gasteiger charge is -2.34. The van der Waals surface area contributed by atoms with E-state index in [4.69, 9.17) is 9.79 Å². The first-order valence-electron chi connectivity index (χ1n) is 13.3. The minimum Gasteiger partial charge on any atom is -0.322 e. The molecular weight excluding hydrogens is 660 g/mol. The van der Waals surface area contributed by atoms with Crippen LogP contribution in [0.15, 0.2) is 97.1 Å². The first-order valence-corrected chi connectivity index (χ1v) is 16.6. The molecule has 15 heteroatoms. The average molecular weight is 686 g/mol. The number of carbonyl (C=O) groups is 1. The molecule has 0 saturated carbocycles. The highest BCUT2D eigenvalue weighted by molar-refractivity contribution is 7.53. The average Bonchev–Trinajstić information content (AvgIpc) is 3.00. The third kappa shape index (κ3) is 6.90. The number of hydrogen-bond donors (Lipinski definition) is 4. The second-order valence-electron chi connectivity index (χ2n) is 10.7. The Bertz CT molecular complexity index is 1790. The lowest BCUT2D eigenvalue weighted by atomic mass is 9.67. The number of rotatable bonds is 12. The first-order chi connectivity index (χ1) is 21.3. The Morgan fingerprint density at radius 3 is 1.37 bits per heavy atom. The molecule has 4 rings (SSSR count). The van der Waals surface area contributed by atoms with Gasteiger partial charge in [0.05, 0.1) is 5.41 Å². The molecule has 0 aliphatic heterocycles. The van der Waals surface area contributed by atoms with Crippen molar-refractivity contribution in [3.8, 4) is 0 Å². The topological polar surface area (TPSA) is 132 Å². The summed E-state index contributed by atoms with van der Waals surface area (Å²) in [5.41, 5.74) is -7.25. The number of ketones is 1. The van der Waals surface area contributed by atoms with Gasteiger partial charge >= 0.3 is 20.9 Å². The largest absolute Gasteiger partial charge is 0.399 e. The van der Waals surface area contributed by atoms with Crippen LogP contribution in [0.2, 0.25) is 0 Å². The van der Waals surface area contributed by atoms with Crippen LogP contribution in [0.5, 0.6) is 0 Å². The summed E-state index contributed by atoms with van der Waals surface area (Å²) in [6.45, 7) is -2.03. The van der Waals surface area contributed by atoms with Gasteiger partial charge in [0.2, 0.25) is 0 Å². The van der Waals surface area contributed by atoms with Crippen LogP contribution in [0, 0.1) is 11.6 Å². The number of benzene rings is 4. The van der Waals surface area contributed by atoms with E-state index in [1.165, 1.54) is 36.4 Å². The third-order valence-electron chi connectivity index (χ3n) is 7.65. The molecule has 0 radical (unpaired) electrons. The van der Waals surface area contributed by atoms with Gasteiger partial charge in [0.25, 0.3) is 5.41 Å². The molecule has 244 valence electrons. The lowest BCUT2D eigenvalue weighted by molar-refractivity contribution is 0.0564. The van der Waals surface area contributed by atoms with Gasteiger partial charge in [-0.15, -0.1) is 0 Å². The van der Waals surface area contributed by atoms with E-state index in [2.05, 4.69) is 0 Å². The molecule has 4 aromatic carbocycles. The van der Waals surface area contributed by atoms with E-state index in [-0.39, 0.29) is 35.1 Å². The fraction of sp³-hybridized carbons (Fsp3) is 0.194. The number of halogens is 6. The van der Waals surface area contributed by atoms with Crippen LogP contribution < -0.4 is 0 Å². The van der Waals surface area contributed by atoms with Gasteiger partial charge in [-0.05, 0) is 65.9 Å². The van der Waals surface area contributed by atoms with E-state index in [1.54, 1.807) is 0 Å². The molecule has 4 aromatic rings. The van der Waals surface area contributed by atoms with Gasteiger partial charge in [-0.1, -0.05) is 60.7 Å². The molecule has 0 bridgehead atoms. The SMILES string of the molecule is O=C(c1ccc(F)cc1)C(Cc1ccc(C(F)(F)P(=O)(O)O)cc1)(Cc1ccc(C(F)(CF)P(=O)(O)O)cc1)c1ccc(F)cc1. The summed E-state index contributed by atoms with van der Waals surface area (Å²) < 4.78 is 108. The molecule has 0 aliphatic carbocycles. The van der Waals surface area contributed by atoms with Gasteiger partial charge < -0.3 is 19.6 Å². The minimum absolute atomic E-state index is 0.00583. The number of alkyl halides is 4. The Morgan fingerprint density at radius 2 is 0.978 bits per heavy atom. The van der Waals surface area contributed by atoms with Crippen LogP contribution in [0.1, 0.15) is 38.2 Å². The molecule has 0 amide bonds. The highest BCUT2D eigenvalue weighted by Gasteiger charge is 2.51. The first kappa shape index (κ1) is 35.3. The standard InChI is InChI=1S/C31H26F6O7P2/c32-19-30(35,45(39,40)41)24-7-1-20(2-8-24)17-29(23-11-15-27(34)16-12-23,28(38)22-5-13-26(33)14-6-22)18-21-3-9-25(10-4-21)31(36,37)46(42,43)44/h1-16H,17-19H2,(H2,39,40,41)(H2,42,43,44). The van der Waals surface area contributed by atoms with E-state index >= 15 is 4.39 Å². The molecule has 0 saturated heterocycles. The molecule has 0 aliphatic rings. The molecule has 2 atom stereocenters. The summed E-state index contributed by atoms with van der Waals surface area (Å²) in [5, 5.41) is -3.64. The summed E-state index contributed by atoms with van der Waals surface area (Å²) in [7, 11) is -11.5. The number of carbonyl (C=O) groups excluding carboxylic acids is 1. The van der Waals surface area contributed by atoms with Crippen LogP contribution >= 0.6 is 15.2 Å². The maximum atomic E-state index is 15.0. The Kier molecular flexibility index (Phi) is 9.90. The van der Waals surface area contributed by atoms with Crippen molar-refractivity contribution < 1.29 is 59.8 Å². The fourth-order valence-corrected chi connectivity index (χ4v) is 6.22. The summed E-state index contributed by atoms with van der Waals surface area (Å²) in [5.74, 6) is -1.97. The molecule has 2 unspecified atom stereocenters. The molecule has 0 fully saturated rings. The molecule has 7 nitrogen and oxygen atoms in total. The molecule has 0 aromatic heterocycles. The van der Waals surface area contributed by atoms with Crippen LogP contribution in [0.4, 0.5) is 26.3 Å². The predicted molar refractivity (Wildman–Crippen MR) is 156 cm³/mol. The zero-order valence-corrected chi connectivity index (χ0v) is 25.3. The van der Waals surface area contributed by atoms with Gasteiger partial charge in [-0.25, -0.2) is 17.6 Å². The normalized spacial score (nSPS) is 15.2. The van der Waals surface area contributed by atoms with E-state index in [1.807, 2.05) is 0 Å². The number of Topliss-reactive ketones (excluding diaryl/α,β-unsaturated/α-hetero) is 1. The van der Waals surface area contributed by atoms with Gasteiger partial charge in [0.1, 0.15) is 18.3 Å². The summed E-state index contributed by atoms with van der Waals surface area (Å²) in [6.07, 6.45) is -0.571. The van der Waals surface area contributed by atoms with Crippen molar-refractivity contribution in [3.05, 3.63) is 142 Å². The zero-order chi connectivity index (χ0) is 34.1. The van der Waals surface area contributed by atoms with E-state index in [0.717, 1.165) is 60.7 Å². The second kappa shape index (κ2) is 12.9. The zero-order valence-electron chi connectivity index (χ0n) is 23.5. The maximum absolute atomic E-state index is 15.0. The Balaban J connectivity index is 1.89. The molecular formula is C31H26F6O7P2. The van der Waals surface area contributed by atoms with Crippen LogP contribution in [0.3, 0.4) is 0 Å². The van der Waals surface area contributed by atoms with Crippen LogP contribution in [0.25, 0.3) is 0 Å². The van der Waals surface area contributed by atoms with Crippen LogP contribution in [-0.4, -0.2) is 32.0 Å². The third-order valence-corrected chi connectivity index (χ3v) is 9.94. The van der Waals surface area contributed by atoms with Gasteiger partial charge in [0, 0.05) is 16.7 Å². The summed E-state index contributed by atoms with van der Waals surface area (Å²) in [4.78, 5) is 51.4. The van der Waals surface area contributed by atoms with Crippen molar-refractivity contribution in [2.45, 2.75) is 29.3 Å². The maximum Gasteiger partial charge on any atom is 0.399 e. The second-order valence-corrected chi connectivity index (χ2v) is 14.1. The lowest BCUT2D eigenvalue weighted by Crippen LogP contribution is -2.41. The smallest absolute Gasteiger partial charge is 0.322 e.